The molecule has 3 heteroatoms. The van der Waals surface area contributed by atoms with E-state index in [1.165, 1.54) is 95.2 Å². The molecule has 0 aliphatic rings. The second-order valence-corrected chi connectivity index (χ2v) is 7.31. The lowest BCUT2D eigenvalue weighted by Crippen LogP contribution is -1.98. The van der Waals surface area contributed by atoms with Crippen molar-refractivity contribution in [2.75, 3.05) is 12.9 Å². The highest BCUT2D eigenvalue weighted by atomic mass is 32.2. The van der Waals surface area contributed by atoms with Crippen molar-refractivity contribution >= 4 is 28.4 Å². The summed E-state index contributed by atoms with van der Waals surface area (Å²) in [6.45, 7) is 3.09. The van der Waals surface area contributed by atoms with Crippen LogP contribution in [0.25, 0.3) is 0 Å². The Bertz CT molecular complexity index is 219. The molecule has 0 fully saturated rings. The zero-order chi connectivity index (χ0) is 15.6. The third kappa shape index (κ3) is 18.2. The lowest BCUT2D eigenvalue weighted by molar-refractivity contribution is 0.308. The average Bonchev–Trinajstić information content (AvgIpc) is 2.50. The number of hydrogen-bond acceptors (Lipinski definition) is 3. The van der Waals surface area contributed by atoms with Crippen LogP contribution in [0, 0.1) is 0 Å². The van der Waals surface area contributed by atoms with Gasteiger partial charge in [0.15, 0.2) is 0 Å². The third-order valence-electron chi connectivity index (χ3n) is 3.88. The number of ether oxygens (including phenoxy) is 1. The number of rotatable bonds is 15. The fourth-order valence-electron chi connectivity index (χ4n) is 2.51. The Morgan fingerprint density at radius 1 is 0.714 bits per heavy atom. The van der Waals surface area contributed by atoms with Crippen LogP contribution in [0.4, 0.5) is 0 Å². The molecule has 0 radical (unpaired) electrons. The summed E-state index contributed by atoms with van der Waals surface area (Å²) in [5.74, 6) is 0. The van der Waals surface area contributed by atoms with Gasteiger partial charge in [-0.05, 0) is 24.9 Å². The Balaban J connectivity index is 2.98. The number of unbranched alkanes of at least 4 members (excludes halogenated alkanes) is 13. The van der Waals surface area contributed by atoms with Crippen molar-refractivity contribution in [3.05, 3.63) is 0 Å². The third-order valence-corrected chi connectivity index (χ3v) is 4.95. The first-order valence-corrected chi connectivity index (χ1v) is 10.6. The van der Waals surface area contributed by atoms with Crippen LogP contribution < -0.4 is 0 Å². The highest BCUT2D eigenvalue weighted by molar-refractivity contribution is 8.22. The minimum Gasteiger partial charge on any atom is -0.479 e. The van der Waals surface area contributed by atoms with Gasteiger partial charge in [0.25, 0.3) is 0 Å². The molecule has 126 valence electrons. The molecule has 0 aliphatic carbocycles. The summed E-state index contributed by atoms with van der Waals surface area (Å²) in [7, 11) is 0. The van der Waals surface area contributed by atoms with E-state index in [1.807, 2.05) is 6.26 Å². The predicted octanol–water partition coefficient (Wildman–Crippen LogP) is 7.13. The van der Waals surface area contributed by atoms with E-state index in [0.717, 1.165) is 13.0 Å². The molecule has 0 unspecified atom stereocenters. The summed E-state index contributed by atoms with van der Waals surface area (Å²) in [6.07, 6.45) is 21.5. The highest BCUT2D eigenvalue weighted by Gasteiger charge is 1.96. The molecule has 0 aromatic heterocycles. The van der Waals surface area contributed by atoms with Gasteiger partial charge in [-0.1, -0.05) is 102 Å². The maximum absolute atomic E-state index is 5.39. The Labute approximate surface area is 143 Å². The summed E-state index contributed by atoms with van der Waals surface area (Å²) in [5.41, 5.74) is 0. The molecule has 0 rings (SSSR count). The van der Waals surface area contributed by atoms with E-state index in [0.29, 0.717) is 4.38 Å². The Morgan fingerprint density at radius 2 is 1.10 bits per heavy atom. The number of hydrogen-bond donors (Lipinski definition) is 0. The normalized spacial score (nSPS) is 10.8. The predicted molar refractivity (Wildman–Crippen MR) is 102 cm³/mol. The van der Waals surface area contributed by atoms with E-state index in [9.17, 15) is 0 Å². The Morgan fingerprint density at radius 3 is 1.48 bits per heavy atom. The van der Waals surface area contributed by atoms with E-state index in [1.54, 1.807) is 0 Å². The second kappa shape index (κ2) is 18.3. The fourth-order valence-corrected chi connectivity index (χ4v) is 2.80. The Kier molecular flexibility index (Phi) is 18.5. The summed E-state index contributed by atoms with van der Waals surface area (Å²) >= 11 is 6.52. The SMILES string of the molecule is CCCCCCCCCCCCCCCCOC(=S)SC. The zero-order valence-corrected chi connectivity index (χ0v) is 16.0. The topological polar surface area (TPSA) is 9.23 Å². The van der Waals surface area contributed by atoms with Gasteiger partial charge in [-0.25, -0.2) is 0 Å². The molecule has 0 saturated carbocycles. The van der Waals surface area contributed by atoms with Gasteiger partial charge in [0, 0.05) is 0 Å². The smallest absolute Gasteiger partial charge is 0.219 e. The van der Waals surface area contributed by atoms with E-state index in [2.05, 4.69) is 6.92 Å². The molecule has 0 N–H and O–H groups in total. The molecule has 0 heterocycles. The molecule has 0 aliphatic heterocycles. The summed E-state index contributed by atoms with van der Waals surface area (Å²) in [5, 5.41) is 0. The molecule has 0 aromatic carbocycles. The van der Waals surface area contributed by atoms with E-state index < -0.39 is 0 Å². The Hall–Kier alpha value is 0.240. The van der Waals surface area contributed by atoms with Crippen LogP contribution >= 0.6 is 24.0 Å². The fraction of sp³-hybridized carbons (Fsp3) is 0.944. The summed E-state index contributed by atoms with van der Waals surface area (Å²) < 4.78 is 6.08. The maximum Gasteiger partial charge on any atom is 0.219 e. The van der Waals surface area contributed by atoms with Crippen molar-refractivity contribution in [1.29, 1.82) is 0 Å². The van der Waals surface area contributed by atoms with Crippen molar-refractivity contribution in [3.63, 3.8) is 0 Å². The number of thioether (sulfide) groups is 1. The molecular weight excluding hydrogens is 296 g/mol. The van der Waals surface area contributed by atoms with Gasteiger partial charge in [-0.15, -0.1) is 0 Å². The number of thiocarbonyl (C=S) groups is 1. The molecule has 0 atom stereocenters. The van der Waals surface area contributed by atoms with Crippen molar-refractivity contribution in [2.24, 2.45) is 0 Å². The molecule has 0 amide bonds. The highest BCUT2D eigenvalue weighted by Crippen LogP contribution is 2.13. The first-order valence-electron chi connectivity index (χ1n) is 9.02. The van der Waals surface area contributed by atoms with Crippen molar-refractivity contribution in [3.8, 4) is 0 Å². The first kappa shape index (κ1) is 21.2. The van der Waals surface area contributed by atoms with Gasteiger partial charge < -0.3 is 4.74 Å². The molecule has 0 bridgehead atoms. The molecule has 0 saturated heterocycles. The summed E-state index contributed by atoms with van der Waals surface area (Å²) in [4.78, 5) is 0. The van der Waals surface area contributed by atoms with Crippen molar-refractivity contribution in [1.82, 2.24) is 0 Å². The van der Waals surface area contributed by atoms with Crippen molar-refractivity contribution in [2.45, 2.75) is 96.8 Å². The van der Waals surface area contributed by atoms with Gasteiger partial charge in [-0.3, -0.25) is 0 Å². The van der Waals surface area contributed by atoms with E-state index in [4.69, 9.17) is 17.0 Å². The maximum atomic E-state index is 5.39. The van der Waals surface area contributed by atoms with Crippen LogP contribution in [0.15, 0.2) is 0 Å². The van der Waals surface area contributed by atoms with Crippen LogP contribution in [0.2, 0.25) is 0 Å². The average molecular weight is 333 g/mol. The van der Waals surface area contributed by atoms with Gasteiger partial charge >= 0.3 is 0 Å². The molecule has 0 spiro atoms. The van der Waals surface area contributed by atoms with Gasteiger partial charge in [-0.2, -0.15) is 0 Å². The van der Waals surface area contributed by atoms with Gasteiger partial charge in [0.05, 0.1) is 6.61 Å². The van der Waals surface area contributed by atoms with E-state index in [-0.39, 0.29) is 0 Å². The van der Waals surface area contributed by atoms with Gasteiger partial charge in [0.2, 0.25) is 4.38 Å². The lowest BCUT2D eigenvalue weighted by atomic mass is 10.0. The van der Waals surface area contributed by atoms with Crippen LogP contribution in [0.5, 0.6) is 0 Å². The van der Waals surface area contributed by atoms with Gasteiger partial charge in [0.1, 0.15) is 0 Å². The standard InChI is InChI=1S/C18H36OS2/c1-3-4-5-6-7-8-9-10-11-12-13-14-15-16-17-19-18(20)21-2/h3-17H2,1-2H3. The first-order chi connectivity index (χ1) is 10.3. The molecule has 21 heavy (non-hydrogen) atoms. The minimum absolute atomic E-state index is 0.685. The van der Waals surface area contributed by atoms with E-state index >= 15 is 0 Å². The van der Waals surface area contributed by atoms with Crippen LogP contribution in [0.1, 0.15) is 96.8 Å². The molecule has 1 nitrogen and oxygen atoms in total. The zero-order valence-electron chi connectivity index (χ0n) is 14.3. The largest absolute Gasteiger partial charge is 0.479 e. The molecule has 0 aromatic rings. The van der Waals surface area contributed by atoms with Crippen LogP contribution in [0.3, 0.4) is 0 Å². The quantitative estimate of drug-likeness (QED) is 0.233. The second-order valence-electron chi connectivity index (χ2n) is 5.90. The van der Waals surface area contributed by atoms with Crippen LogP contribution in [-0.2, 0) is 4.74 Å². The monoisotopic (exact) mass is 332 g/mol. The molecular formula is C18H36OS2. The minimum atomic E-state index is 0.685. The summed E-state index contributed by atoms with van der Waals surface area (Å²) in [6, 6.07) is 0. The van der Waals surface area contributed by atoms with Crippen molar-refractivity contribution < 1.29 is 4.74 Å². The lowest BCUT2D eigenvalue weighted by Gasteiger charge is -2.05. The van der Waals surface area contributed by atoms with Crippen LogP contribution in [-0.4, -0.2) is 17.2 Å².